The summed E-state index contributed by atoms with van der Waals surface area (Å²) < 4.78 is 10.3. The molecule has 0 aromatic rings. The number of urea groups is 1. The van der Waals surface area contributed by atoms with E-state index < -0.39 is 23.6 Å². The monoisotopic (exact) mass is 341 g/mol. The minimum atomic E-state index is -0.597. The van der Waals surface area contributed by atoms with E-state index in [0.717, 1.165) is 0 Å². The summed E-state index contributed by atoms with van der Waals surface area (Å²) >= 11 is 0. The average molecular weight is 341 g/mol. The molecule has 1 aliphatic rings. The fourth-order valence-electron chi connectivity index (χ4n) is 2.06. The second-order valence-corrected chi connectivity index (χ2v) is 6.60. The number of carbonyl (C=O) groups excluding carboxylic acids is 3. The number of carbonyl (C=O) groups is 3. The van der Waals surface area contributed by atoms with Gasteiger partial charge in [0, 0.05) is 24.7 Å². The predicted molar refractivity (Wildman–Crippen MR) is 88.3 cm³/mol. The number of nitrogens with one attached hydrogen (secondary N) is 2. The van der Waals surface area contributed by atoms with Gasteiger partial charge in [0.2, 0.25) is 0 Å². The zero-order valence-electron chi connectivity index (χ0n) is 15.0. The Bertz CT molecular complexity index is 510. The molecule has 1 heterocycles. The van der Waals surface area contributed by atoms with Crippen molar-refractivity contribution >= 4 is 18.0 Å². The molecule has 0 unspecified atom stereocenters. The van der Waals surface area contributed by atoms with Crippen LogP contribution in [0.1, 0.15) is 41.0 Å². The molecule has 24 heavy (non-hydrogen) atoms. The molecule has 0 spiro atoms. The first-order valence-corrected chi connectivity index (χ1v) is 8.00. The minimum absolute atomic E-state index is 0.221. The minimum Gasteiger partial charge on any atom is -0.501 e. The van der Waals surface area contributed by atoms with Gasteiger partial charge in [-0.3, -0.25) is 10.1 Å². The average Bonchev–Trinajstić information content (AvgIpc) is 2.91. The lowest BCUT2D eigenvalue weighted by Crippen LogP contribution is -2.46. The number of hydrogen-bond donors (Lipinski definition) is 2. The van der Waals surface area contributed by atoms with Gasteiger partial charge in [-0.25, -0.2) is 9.59 Å². The van der Waals surface area contributed by atoms with Crippen molar-refractivity contribution in [2.45, 2.75) is 52.7 Å². The summed E-state index contributed by atoms with van der Waals surface area (Å²) in [4.78, 5) is 37.1. The van der Waals surface area contributed by atoms with Crippen LogP contribution in [0.15, 0.2) is 11.8 Å². The predicted octanol–water partition coefficient (Wildman–Crippen LogP) is 1.76. The zero-order chi connectivity index (χ0) is 18.3. The third-order valence-corrected chi connectivity index (χ3v) is 3.19. The van der Waals surface area contributed by atoms with Gasteiger partial charge in [-0.15, -0.1) is 0 Å². The molecule has 1 atom stereocenters. The smallest absolute Gasteiger partial charge is 0.410 e. The molecule has 2 N–H and O–H groups in total. The third kappa shape index (κ3) is 6.89. The summed E-state index contributed by atoms with van der Waals surface area (Å²) in [5.74, 6) is -0.525. The molecule has 1 aliphatic heterocycles. The number of nitrogens with zero attached hydrogens (tertiary/aromatic N) is 1. The molecule has 8 heteroatoms. The molecule has 4 amide bonds. The molecule has 0 aromatic carbocycles. The Balaban J connectivity index is 2.41. The van der Waals surface area contributed by atoms with Crippen LogP contribution >= 0.6 is 0 Å². The molecule has 0 bridgehead atoms. The highest BCUT2D eigenvalue weighted by molar-refractivity contribution is 6.03. The third-order valence-electron chi connectivity index (χ3n) is 3.19. The molecule has 0 radical (unpaired) electrons. The van der Waals surface area contributed by atoms with Crippen LogP contribution in [0.5, 0.6) is 0 Å². The Labute approximate surface area is 142 Å². The molecule has 0 aliphatic carbocycles. The normalized spacial score (nSPS) is 18.1. The summed E-state index contributed by atoms with van der Waals surface area (Å²) in [6.07, 6.45) is 1.51. The van der Waals surface area contributed by atoms with E-state index in [1.54, 1.807) is 34.6 Å². The number of likely N-dealkylation sites (tertiary alicyclic amines) is 1. The molecule has 1 saturated heterocycles. The maximum atomic E-state index is 12.0. The van der Waals surface area contributed by atoms with E-state index >= 15 is 0 Å². The molecule has 136 valence electrons. The molecule has 1 rings (SSSR count). The summed E-state index contributed by atoms with van der Waals surface area (Å²) in [6.45, 7) is 10.0. The zero-order valence-corrected chi connectivity index (χ0v) is 15.0. The van der Waals surface area contributed by atoms with E-state index in [1.165, 1.54) is 11.2 Å². The first kappa shape index (κ1) is 19.8. The molecular weight excluding hydrogens is 314 g/mol. The highest BCUT2D eigenvalue weighted by atomic mass is 16.6. The number of amides is 4. The van der Waals surface area contributed by atoms with Crippen molar-refractivity contribution in [2.75, 3.05) is 19.7 Å². The quantitative estimate of drug-likeness (QED) is 0.600. The van der Waals surface area contributed by atoms with Crippen LogP contribution < -0.4 is 10.6 Å². The van der Waals surface area contributed by atoms with E-state index in [0.29, 0.717) is 31.7 Å². The Kier molecular flexibility index (Phi) is 7.06. The van der Waals surface area contributed by atoms with Crippen LogP contribution in [-0.2, 0) is 14.3 Å². The summed E-state index contributed by atoms with van der Waals surface area (Å²) in [7, 11) is 0. The van der Waals surface area contributed by atoms with E-state index in [1.807, 2.05) is 0 Å². The van der Waals surface area contributed by atoms with Crippen molar-refractivity contribution in [1.29, 1.82) is 0 Å². The summed E-state index contributed by atoms with van der Waals surface area (Å²) in [6, 6.07) is -0.818. The van der Waals surface area contributed by atoms with Gasteiger partial charge in [0.15, 0.2) is 0 Å². The van der Waals surface area contributed by atoms with Crippen LogP contribution in [0, 0.1) is 0 Å². The summed E-state index contributed by atoms with van der Waals surface area (Å²) in [5.41, 5.74) is -0.259. The lowest BCUT2D eigenvalue weighted by Gasteiger charge is -2.24. The highest BCUT2D eigenvalue weighted by Crippen LogP contribution is 2.15. The second kappa shape index (κ2) is 8.56. The van der Waals surface area contributed by atoms with E-state index in [4.69, 9.17) is 9.47 Å². The van der Waals surface area contributed by atoms with E-state index in [9.17, 15) is 14.4 Å². The van der Waals surface area contributed by atoms with Crippen molar-refractivity contribution in [1.82, 2.24) is 15.5 Å². The van der Waals surface area contributed by atoms with Gasteiger partial charge in [0.1, 0.15) is 5.60 Å². The number of ether oxygens (including phenoxy) is 2. The lowest BCUT2D eigenvalue weighted by molar-refractivity contribution is -0.116. The first-order valence-electron chi connectivity index (χ1n) is 8.00. The second-order valence-electron chi connectivity index (χ2n) is 6.60. The van der Waals surface area contributed by atoms with E-state index in [-0.39, 0.29) is 6.04 Å². The Morgan fingerprint density at radius 1 is 1.29 bits per heavy atom. The van der Waals surface area contributed by atoms with Crippen LogP contribution in [0.25, 0.3) is 0 Å². The van der Waals surface area contributed by atoms with Gasteiger partial charge in [-0.05, 0) is 41.0 Å². The van der Waals surface area contributed by atoms with Gasteiger partial charge in [-0.2, -0.15) is 0 Å². The van der Waals surface area contributed by atoms with Crippen molar-refractivity contribution < 1.29 is 23.9 Å². The van der Waals surface area contributed by atoms with Crippen molar-refractivity contribution in [3.63, 3.8) is 0 Å². The maximum Gasteiger partial charge on any atom is 0.410 e. The van der Waals surface area contributed by atoms with Gasteiger partial charge < -0.3 is 19.7 Å². The molecule has 1 fully saturated rings. The first-order chi connectivity index (χ1) is 11.1. The Morgan fingerprint density at radius 2 is 1.96 bits per heavy atom. The fourth-order valence-corrected chi connectivity index (χ4v) is 2.06. The van der Waals surface area contributed by atoms with Crippen molar-refractivity contribution in [3.8, 4) is 0 Å². The van der Waals surface area contributed by atoms with Crippen LogP contribution in [-0.4, -0.2) is 54.3 Å². The van der Waals surface area contributed by atoms with Crippen LogP contribution in [0.2, 0.25) is 0 Å². The highest BCUT2D eigenvalue weighted by Gasteiger charge is 2.30. The number of imide groups is 1. The SMILES string of the molecule is CCO/C=C(\C)C(=O)NC(=O)N[C@@H]1CCN(C(=O)OC(C)(C)C)C1. The van der Waals surface area contributed by atoms with Gasteiger partial charge >= 0.3 is 12.1 Å². The molecule has 8 nitrogen and oxygen atoms in total. The largest absolute Gasteiger partial charge is 0.501 e. The van der Waals surface area contributed by atoms with Gasteiger partial charge in [-0.1, -0.05) is 0 Å². The lowest BCUT2D eigenvalue weighted by atomic mass is 10.2. The van der Waals surface area contributed by atoms with Crippen LogP contribution in [0.3, 0.4) is 0 Å². The van der Waals surface area contributed by atoms with Gasteiger partial charge in [0.25, 0.3) is 5.91 Å². The van der Waals surface area contributed by atoms with E-state index in [2.05, 4.69) is 10.6 Å². The summed E-state index contributed by atoms with van der Waals surface area (Å²) in [5, 5.41) is 4.91. The Morgan fingerprint density at radius 3 is 2.54 bits per heavy atom. The van der Waals surface area contributed by atoms with Crippen molar-refractivity contribution in [2.24, 2.45) is 0 Å². The van der Waals surface area contributed by atoms with Crippen LogP contribution in [0.4, 0.5) is 9.59 Å². The topological polar surface area (TPSA) is 97.0 Å². The number of rotatable bonds is 4. The molecule has 0 saturated carbocycles. The molecular formula is C16H27N3O5. The van der Waals surface area contributed by atoms with Crippen molar-refractivity contribution in [3.05, 3.63) is 11.8 Å². The Hall–Kier alpha value is -2.25. The number of hydrogen-bond acceptors (Lipinski definition) is 5. The van der Waals surface area contributed by atoms with Gasteiger partial charge in [0.05, 0.1) is 12.9 Å². The fraction of sp³-hybridized carbons (Fsp3) is 0.688. The standard InChI is InChI=1S/C16H27N3O5/c1-6-23-10-11(2)13(20)18-14(21)17-12-7-8-19(9-12)15(22)24-16(3,4)5/h10,12H,6-9H2,1-5H3,(H2,17,18,20,21)/b11-10+/t12-/m1/s1. The maximum absolute atomic E-state index is 12.0. The molecule has 0 aromatic heterocycles.